The number of carboxylic acid groups (broad SMARTS) is 1. The van der Waals surface area contributed by atoms with E-state index in [1.54, 1.807) is 18.2 Å². The molecular weight excluding hydrogens is 223 g/mol. The molecular formula is C10H8Cl2O2. The third-order valence-corrected chi connectivity index (χ3v) is 2.23. The maximum absolute atomic E-state index is 10.5. The van der Waals surface area contributed by atoms with E-state index in [4.69, 9.17) is 28.3 Å². The first-order valence-electron chi connectivity index (χ1n) is 3.87. The summed E-state index contributed by atoms with van der Waals surface area (Å²) in [5, 5.41) is 9.62. The first kappa shape index (κ1) is 11.1. The Morgan fingerprint density at radius 3 is 2.57 bits per heavy atom. The molecule has 0 saturated heterocycles. The Hall–Kier alpha value is -0.990. The van der Waals surface area contributed by atoms with Crippen LogP contribution in [-0.2, 0) is 4.79 Å². The summed E-state index contributed by atoms with van der Waals surface area (Å²) in [6.07, 6.45) is 1.50. The van der Waals surface area contributed by atoms with Gasteiger partial charge in [-0.25, -0.2) is 4.79 Å². The van der Waals surface area contributed by atoms with Crippen LogP contribution < -0.4 is 0 Å². The molecule has 0 bridgehead atoms. The van der Waals surface area contributed by atoms with Gasteiger partial charge in [-0.05, 0) is 30.7 Å². The van der Waals surface area contributed by atoms with Crippen molar-refractivity contribution in [3.8, 4) is 0 Å². The van der Waals surface area contributed by atoms with Crippen LogP contribution in [0.1, 0.15) is 12.5 Å². The van der Waals surface area contributed by atoms with Crippen molar-refractivity contribution < 1.29 is 9.90 Å². The summed E-state index contributed by atoms with van der Waals surface area (Å²) in [4.78, 5) is 10.5. The summed E-state index contributed by atoms with van der Waals surface area (Å²) in [6, 6.07) is 4.91. The van der Waals surface area contributed by atoms with E-state index in [2.05, 4.69) is 0 Å². The molecule has 0 spiro atoms. The van der Waals surface area contributed by atoms with Crippen LogP contribution >= 0.6 is 23.2 Å². The molecule has 0 heterocycles. The Morgan fingerprint density at radius 1 is 1.43 bits per heavy atom. The zero-order valence-electron chi connectivity index (χ0n) is 7.42. The van der Waals surface area contributed by atoms with Crippen LogP contribution in [0.3, 0.4) is 0 Å². The fraction of sp³-hybridized carbons (Fsp3) is 0.100. The Bertz CT molecular complexity index is 397. The van der Waals surface area contributed by atoms with Crippen molar-refractivity contribution in [2.45, 2.75) is 6.92 Å². The molecule has 1 N–H and O–H groups in total. The fourth-order valence-electron chi connectivity index (χ4n) is 0.914. The van der Waals surface area contributed by atoms with E-state index in [1.165, 1.54) is 13.0 Å². The van der Waals surface area contributed by atoms with Gasteiger partial charge in [0.2, 0.25) is 0 Å². The second kappa shape index (κ2) is 4.49. The van der Waals surface area contributed by atoms with Crippen LogP contribution in [-0.4, -0.2) is 11.1 Å². The Balaban J connectivity index is 3.09. The Kier molecular flexibility index (Phi) is 3.55. The van der Waals surface area contributed by atoms with Crippen molar-refractivity contribution >= 4 is 35.2 Å². The molecule has 0 saturated carbocycles. The molecule has 0 aromatic heterocycles. The van der Waals surface area contributed by atoms with Crippen molar-refractivity contribution in [2.24, 2.45) is 0 Å². The molecule has 4 heteroatoms. The van der Waals surface area contributed by atoms with Crippen LogP contribution in [0.15, 0.2) is 23.8 Å². The monoisotopic (exact) mass is 230 g/mol. The molecule has 0 radical (unpaired) electrons. The molecule has 1 rings (SSSR count). The molecule has 0 aliphatic heterocycles. The molecule has 0 unspecified atom stereocenters. The van der Waals surface area contributed by atoms with Crippen LogP contribution in [0.4, 0.5) is 0 Å². The molecule has 14 heavy (non-hydrogen) atoms. The summed E-state index contributed by atoms with van der Waals surface area (Å²) in [5.41, 5.74) is 0.880. The van der Waals surface area contributed by atoms with E-state index in [-0.39, 0.29) is 5.57 Å². The highest BCUT2D eigenvalue weighted by atomic mass is 35.5. The number of halogens is 2. The van der Waals surface area contributed by atoms with Gasteiger partial charge in [0.25, 0.3) is 0 Å². The van der Waals surface area contributed by atoms with E-state index in [9.17, 15) is 4.79 Å². The number of hydrogen-bond donors (Lipinski definition) is 1. The lowest BCUT2D eigenvalue weighted by Gasteiger charge is -1.99. The maximum Gasteiger partial charge on any atom is 0.331 e. The fourth-order valence-corrected chi connectivity index (χ4v) is 1.38. The van der Waals surface area contributed by atoms with Crippen molar-refractivity contribution in [1.82, 2.24) is 0 Å². The minimum absolute atomic E-state index is 0.231. The van der Waals surface area contributed by atoms with Crippen molar-refractivity contribution in [3.63, 3.8) is 0 Å². The van der Waals surface area contributed by atoms with E-state index in [1.807, 2.05) is 0 Å². The lowest BCUT2D eigenvalue weighted by molar-refractivity contribution is -0.132. The average molecular weight is 231 g/mol. The van der Waals surface area contributed by atoms with Crippen molar-refractivity contribution in [2.75, 3.05) is 0 Å². The Labute approximate surface area is 91.8 Å². The molecule has 0 fully saturated rings. The predicted octanol–water partition coefficient (Wildman–Crippen LogP) is 3.48. The van der Waals surface area contributed by atoms with Gasteiger partial charge in [0.1, 0.15) is 0 Å². The third kappa shape index (κ3) is 2.76. The molecule has 74 valence electrons. The van der Waals surface area contributed by atoms with Gasteiger partial charge in [-0.15, -0.1) is 0 Å². The number of carboxylic acids is 1. The quantitative estimate of drug-likeness (QED) is 0.791. The summed E-state index contributed by atoms with van der Waals surface area (Å²) in [7, 11) is 0. The largest absolute Gasteiger partial charge is 0.478 e. The standard InChI is InChI=1S/C10H8Cl2O2/c1-6(10(13)14)4-7-2-3-8(11)5-9(7)12/h2-5H,1H3,(H,13,14). The molecule has 0 aliphatic carbocycles. The topological polar surface area (TPSA) is 37.3 Å². The number of hydrogen-bond acceptors (Lipinski definition) is 1. The van der Waals surface area contributed by atoms with Gasteiger partial charge in [-0.2, -0.15) is 0 Å². The van der Waals surface area contributed by atoms with Crippen LogP contribution in [0.25, 0.3) is 6.08 Å². The molecule has 1 aromatic rings. The highest BCUT2D eigenvalue weighted by Gasteiger charge is 2.03. The van der Waals surface area contributed by atoms with Crippen molar-refractivity contribution in [3.05, 3.63) is 39.4 Å². The van der Waals surface area contributed by atoms with Gasteiger partial charge >= 0.3 is 5.97 Å². The van der Waals surface area contributed by atoms with Gasteiger partial charge < -0.3 is 5.11 Å². The first-order valence-corrected chi connectivity index (χ1v) is 4.63. The molecule has 1 aromatic carbocycles. The minimum Gasteiger partial charge on any atom is -0.478 e. The lowest BCUT2D eigenvalue weighted by Crippen LogP contribution is -1.95. The zero-order chi connectivity index (χ0) is 10.7. The first-order chi connectivity index (χ1) is 6.50. The van der Waals surface area contributed by atoms with E-state index in [0.717, 1.165) is 0 Å². The minimum atomic E-state index is -0.962. The number of carbonyl (C=O) groups is 1. The SMILES string of the molecule is CC(=Cc1ccc(Cl)cc1Cl)C(=O)O. The number of aliphatic carboxylic acids is 1. The van der Waals surface area contributed by atoms with Gasteiger partial charge in [0.05, 0.1) is 0 Å². The van der Waals surface area contributed by atoms with E-state index in [0.29, 0.717) is 15.6 Å². The molecule has 2 nitrogen and oxygen atoms in total. The predicted molar refractivity (Wildman–Crippen MR) is 57.7 cm³/mol. The summed E-state index contributed by atoms with van der Waals surface area (Å²) < 4.78 is 0. The number of rotatable bonds is 2. The number of benzene rings is 1. The second-order valence-corrected chi connectivity index (χ2v) is 3.64. The third-order valence-electron chi connectivity index (χ3n) is 1.67. The van der Waals surface area contributed by atoms with E-state index >= 15 is 0 Å². The Morgan fingerprint density at radius 2 is 2.07 bits per heavy atom. The highest BCUT2D eigenvalue weighted by Crippen LogP contribution is 2.22. The average Bonchev–Trinajstić information content (AvgIpc) is 2.09. The van der Waals surface area contributed by atoms with Gasteiger partial charge in [0.15, 0.2) is 0 Å². The van der Waals surface area contributed by atoms with Crippen LogP contribution in [0, 0.1) is 0 Å². The van der Waals surface area contributed by atoms with Crippen molar-refractivity contribution in [1.29, 1.82) is 0 Å². The van der Waals surface area contributed by atoms with Crippen LogP contribution in [0.5, 0.6) is 0 Å². The highest BCUT2D eigenvalue weighted by molar-refractivity contribution is 6.35. The summed E-state index contributed by atoms with van der Waals surface area (Å²) in [6.45, 7) is 1.51. The summed E-state index contributed by atoms with van der Waals surface area (Å²) in [5.74, 6) is -0.962. The second-order valence-electron chi connectivity index (χ2n) is 2.80. The summed E-state index contributed by atoms with van der Waals surface area (Å²) >= 11 is 11.6. The van der Waals surface area contributed by atoms with Gasteiger partial charge in [0, 0.05) is 15.6 Å². The van der Waals surface area contributed by atoms with Crippen LogP contribution in [0.2, 0.25) is 10.0 Å². The maximum atomic E-state index is 10.5. The molecule has 0 amide bonds. The van der Waals surface area contributed by atoms with E-state index < -0.39 is 5.97 Å². The lowest BCUT2D eigenvalue weighted by atomic mass is 10.1. The normalized spacial score (nSPS) is 11.5. The zero-order valence-corrected chi connectivity index (χ0v) is 8.93. The smallest absolute Gasteiger partial charge is 0.331 e. The molecule has 0 aliphatic rings. The van der Waals surface area contributed by atoms with Gasteiger partial charge in [-0.3, -0.25) is 0 Å². The van der Waals surface area contributed by atoms with Gasteiger partial charge in [-0.1, -0.05) is 29.3 Å². The molecule has 0 atom stereocenters.